The second-order valence-corrected chi connectivity index (χ2v) is 9.72. The molecule has 0 saturated heterocycles. The summed E-state index contributed by atoms with van der Waals surface area (Å²) < 4.78 is 42.4. The summed E-state index contributed by atoms with van der Waals surface area (Å²) >= 11 is 5.92. The Hall–Kier alpha value is -3.84. The van der Waals surface area contributed by atoms with E-state index in [1.165, 1.54) is 35.3 Å². The number of halogens is 4. The number of rotatable bonds is 9. The molecule has 204 valence electrons. The predicted octanol–water partition coefficient (Wildman–Crippen LogP) is 3.22. The molecule has 0 radical (unpaired) electrons. The molecule has 1 saturated carbocycles. The van der Waals surface area contributed by atoms with Crippen LogP contribution < -0.4 is 5.69 Å². The van der Waals surface area contributed by atoms with Crippen molar-refractivity contribution in [1.82, 2.24) is 34.1 Å². The number of carbonyl (C=O) groups excluding carboxylic acids is 1. The SMILES string of the molecule is O=C(Cc1ncccc1-n1cnc(Cn2nc(-c3ccc(Cl)cc3)n(C[C@H](O)C(F)(F)F)c2=O)n1)C1CCC1. The van der Waals surface area contributed by atoms with E-state index >= 15 is 0 Å². The van der Waals surface area contributed by atoms with Crippen LogP contribution in [0.3, 0.4) is 0 Å². The van der Waals surface area contributed by atoms with E-state index < -0.39 is 24.5 Å². The summed E-state index contributed by atoms with van der Waals surface area (Å²) in [5.41, 5.74) is 0.544. The van der Waals surface area contributed by atoms with Gasteiger partial charge in [0.05, 0.1) is 24.3 Å². The molecule has 14 heteroatoms. The molecule has 1 atom stereocenters. The molecule has 0 amide bonds. The first-order valence-corrected chi connectivity index (χ1v) is 12.5. The second kappa shape index (κ2) is 10.7. The van der Waals surface area contributed by atoms with Gasteiger partial charge in [0.2, 0.25) is 0 Å². The zero-order chi connectivity index (χ0) is 27.7. The second-order valence-electron chi connectivity index (χ2n) is 9.28. The van der Waals surface area contributed by atoms with E-state index in [1.807, 2.05) is 0 Å². The van der Waals surface area contributed by atoms with Crippen molar-refractivity contribution in [3.05, 3.63) is 75.9 Å². The molecule has 1 N–H and O–H groups in total. The van der Waals surface area contributed by atoms with Gasteiger partial charge in [-0.3, -0.25) is 14.3 Å². The molecule has 4 aromatic rings. The van der Waals surface area contributed by atoms with Crippen LogP contribution in [0.5, 0.6) is 0 Å². The Kier molecular flexibility index (Phi) is 7.36. The lowest BCUT2D eigenvalue weighted by Crippen LogP contribution is -2.37. The Morgan fingerprint density at radius 1 is 1.13 bits per heavy atom. The number of benzene rings is 1. The fourth-order valence-electron chi connectivity index (χ4n) is 4.23. The van der Waals surface area contributed by atoms with Crippen molar-refractivity contribution in [1.29, 1.82) is 0 Å². The van der Waals surface area contributed by atoms with Gasteiger partial charge in [0, 0.05) is 22.7 Å². The summed E-state index contributed by atoms with van der Waals surface area (Å²) in [5.74, 6) is 0.248. The van der Waals surface area contributed by atoms with E-state index in [-0.39, 0.29) is 36.3 Å². The molecule has 1 aliphatic rings. The Morgan fingerprint density at radius 3 is 2.54 bits per heavy atom. The lowest BCUT2D eigenvalue weighted by molar-refractivity contribution is -0.207. The predicted molar refractivity (Wildman–Crippen MR) is 133 cm³/mol. The van der Waals surface area contributed by atoms with Gasteiger partial charge in [0.1, 0.15) is 18.7 Å². The van der Waals surface area contributed by atoms with Crippen LogP contribution in [0.4, 0.5) is 13.2 Å². The number of hydrogen-bond donors (Lipinski definition) is 1. The van der Waals surface area contributed by atoms with Gasteiger partial charge in [-0.15, -0.1) is 10.2 Å². The summed E-state index contributed by atoms with van der Waals surface area (Å²) in [6.07, 6.45) is -1.75. The van der Waals surface area contributed by atoms with Gasteiger partial charge < -0.3 is 5.11 Å². The minimum Gasteiger partial charge on any atom is -0.382 e. The third kappa shape index (κ3) is 5.78. The molecule has 1 fully saturated rings. The van der Waals surface area contributed by atoms with Crippen LogP contribution in [0, 0.1) is 5.92 Å². The number of aliphatic hydroxyl groups is 1. The van der Waals surface area contributed by atoms with Crippen LogP contribution in [-0.4, -0.2) is 57.3 Å². The molecule has 3 aromatic heterocycles. The van der Waals surface area contributed by atoms with Crippen LogP contribution in [0.2, 0.25) is 5.02 Å². The van der Waals surface area contributed by atoms with Crippen LogP contribution in [0.25, 0.3) is 17.1 Å². The zero-order valence-corrected chi connectivity index (χ0v) is 21.2. The normalized spacial score (nSPS) is 14.8. The largest absolute Gasteiger partial charge is 0.416 e. The first-order chi connectivity index (χ1) is 18.6. The smallest absolute Gasteiger partial charge is 0.382 e. The monoisotopic (exact) mass is 561 g/mol. The van der Waals surface area contributed by atoms with Crippen LogP contribution >= 0.6 is 11.6 Å². The molecule has 1 aromatic carbocycles. The summed E-state index contributed by atoms with van der Waals surface area (Å²) in [4.78, 5) is 34.2. The lowest BCUT2D eigenvalue weighted by atomic mass is 9.81. The van der Waals surface area contributed by atoms with E-state index in [0.29, 0.717) is 22.0 Å². The molecular weight excluding hydrogens is 539 g/mol. The number of aliphatic hydroxyl groups excluding tert-OH is 1. The van der Waals surface area contributed by atoms with E-state index in [9.17, 15) is 27.9 Å². The summed E-state index contributed by atoms with van der Waals surface area (Å²) in [6, 6.07) is 9.47. The number of hydrogen-bond acceptors (Lipinski definition) is 7. The maximum absolute atomic E-state index is 13.1. The highest BCUT2D eigenvalue weighted by Gasteiger charge is 2.39. The summed E-state index contributed by atoms with van der Waals surface area (Å²) in [6.45, 7) is -1.30. The topological polar surface area (TPSA) is 121 Å². The minimum atomic E-state index is -4.93. The maximum atomic E-state index is 13.1. The van der Waals surface area contributed by atoms with Gasteiger partial charge in [-0.1, -0.05) is 18.0 Å². The standard InChI is InChI=1S/C25H23ClF3N7O3/c26-17-8-6-16(7-9-17)23-33-35(24(39)34(23)12-21(38)25(27,28)29)13-22-31-14-36(32-22)19-5-2-10-30-18(19)11-20(37)15-3-1-4-15/h2,5-10,14-15,21,38H,1,3-4,11-13H2/t21-/m0/s1. The van der Waals surface area contributed by atoms with Gasteiger partial charge in [0.15, 0.2) is 17.8 Å². The quantitative estimate of drug-likeness (QED) is 0.333. The van der Waals surface area contributed by atoms with Crippen molar-refractivity contribution in [3.8, 4) is 17.1 Å². The molecule has 0 unspecified atom stereocenters. The maximum Gasteiger partial charge on any atom is 0.416 e. The Balaban J connectivity index is 1.43. The first-order valence-electron chi connectivity index (χ1n) is 12.2. The van der Waals surface area contributed by atoms with E-state index in [0.717, 1.165) is 28.5 Å². The minimum absolute atomic E-state index is 0.0545. The van der Waals surface area contributed by atoms with Gasteiger partial charge in [-0.2, -0.15) is 13.2 Å². The van der Waals surface area contributed by atoms with Crippen molar-refractivity contribution in [2.45, 2.75) is 51.1 Å². The van der Waals surface area contributed by atoms with Gasteiger partial charge >= 0.3 is 11.9 Å². The number of carbonyl (C=O) groups is 1. The van der Waals surface area contributed by atoms with E-state index in [4.69, 9.17) is 11.6 Å². The van der Waals surface area contributed by atoms with Crippen molar-refractivity contribution >= 4 is 17.4 Å². The molecule has 39 heavy (non-hydrogen) atoms. The van der Waals surface area contributed by atoms with Crippen LogP contribution in [0.15, 0.2) is 53.7 Å². The molecule has 0 spiro atoms. The molecule has 0 aliphatic heterocycles. The number of pyridine rings is 1. The third-order valence-corrected chi connectivity index (χ3v) is 6.86. The van der Waals surface area contributed by atoms with Crippen molar-refractivity contribution in [3.63, 3.8) is 0 Å². The fraction of sp³-hybridized carbons (Fsp3) is 0.360. The summed E-state index contributed by atoms with van der Waals surface area (Å²) in [7, 11) is 0. The summed E-state index contributed by atoms with van der Waals surface area (Å²) in [5, 5.41) is 18.6. The Morgan fingerprint density at radius 2 is 1.87 bits per heavy atom. The van der Waals surface area contributed by atoms with Crippen molar-refractivity contribution in [2.75, 3.05) is 0 Å². The highest BCUT2D eigenvalue weighted by Crippen LogP contribution is 2.29. The zero-order valence-electron chi connectivity index (χ0n) is 20.4. The van der Waals surface area contributed by atoms with Gasteiger partial charge in [-0.25, -0.2) is 19.1 Å². The number of nitrogens with zero attached hydrogens (tertiary/aromatic N) is 7. The first kappa shape index (κ1) is 26.8. The molecule has 3 heterocycles. The average molecular weight is 562 g/mol. The van der Waals surface area contributed by atoms with Crippen LogP contribution in [-0.2, 0) is 24.3 Å². The number of aromatic nitrogens is 7. The van der Waals surface area contributed by atoms with Crippen molar-refractivity contribution < 1.29 is 23.1 Å². The molecule has 10 nitrogen and oxygen atoms in total. The van der Waals surface area contributed by atoms with E-state index in [1.54, 1.807) is 18.3 Å². The van der Waals surface area contributed by atoms with Gasteiger partial charge in [-0.05, 0) is 49.2 Å². The number of Topliss-reactive ketones (excluding diaryl/α,β-unsaturated/α-hetero) is 1. The number of ketones is 1. The number of alkyl halides is 3. The molecule has 5 rings (SSSR count). The van der Waals surface area contributed by atoms with Crippen molar-refractivity contribution in [2.24, 2.45) is 5.92 Å². The highest BCUT2D eigenvalue weighted by molar-refractivity contribution is 6.30. The highest BCUT2D eigenvalue weighted by atomic mass is 35.5. The average Bonchev–Trinajstić information content (AvgIpc) is 3.44. The van der Waals surface area contributed by atoms with E-state index in [2.05, 4.69) is 20.2 Å². The molecule has 1 aliphatic carbocycles. The molecular formula is C25H23ClF3N7O3. The Labute approximate surface area is 224 Å². The molecule has 0 bridgehead atoms. The fourth-order valence-corrected chi connectivity index (χ4v) is 4.36. The lowest BCUT2D eigenvalue weighted by Gasteiger charge is -2.23. The van der Waals surface area contributed by atoms with Gasteiger partial charge in [0.25, 0.3) is 0 Å². The Bertz CT molecular complexity index is 1540. The third-order valence-electron chi connectivity index (χ3n) is 6.60. The van der Waals surface area contributed by atoms with Crippen LogP contribution in [0.1, 0.15) is 30.8 Å².